The zero-order chi connectivity index (χ0) is 16.1. The van der Waals surface area contributed by atoms with E-state index in [9.17, 15) is 9.90 Å². The molecular formula is C11H18B5NO4. The van der Waals surface area contributed by atoms with Crippen molar-refractivity contribution in [1.29, 1.82) is 0 Å². The molecular weight excluding hydrogens is 264 g/mol. The first-order chi connectivity index (χ1) is 9.40. The minimum atomic E-state index is -1.68. The highest BCUT2D eigenvalue weighted by atomic mass is 16.8. The molecule has 106 valence electrons. The molecule has 1 aliphatic rings. The molecule has 2 N–H and O–H groups in total. The summed E-state index contributed by atoms with van der Waals surface area (Å²) in [5.74, 6) is -0.922. The first-order valence-corrected chi connectivity index (χ1v) is 6.98. The van der Waals surface area contributed by atoms with Crippen molar-refractivity contribution < 1.29 is 19.4 Å². The van der Waals surface area contributed by atoms with Crippen molar-refractivity contribution in [3.63, 3.8) is 0 Å². The van der Waals surface area contributed by atoms with Crippen LogP contribution in [-0.2, 0) is 0 Å². The Morgan fingerprint density at radius 1 is 1.24 bits per heavy atom. The van der Waals surface area contributed by atoms with E-state index in [-0.39, 0.29) is 11.0 Å². The lowest BCUT2D eigenvalue weighted by Crippen LogP contribution is -2.62. The second-order valence-corrected chi connectivity index (χ2v) is 7.09. The van der Waals surface area contributed by atoms with Crippen molar-refractivity contribution in [1.82, 2.24) is 5.32 Å². The highest BCUT2D eigenvalue weighted by Crippen LogP contribution is 2.38. The van der Waals surface area contributed by atoms with Gasteiger partial charge in [-0.15, -0.1) is 0 Å². The third-order valence-corrected chi connectivity index (χ3v) is 3.06. The molecule has 1 aromatic carbocycles. The van der Waals surface area contributed by atoms with E-state index in [1.165, 1.54) is 7.85 Å². The molecule has 0 saturated carbocycles. The van der Waals surface area contributed by atoms with Crippen LogP contribution in [0.3, 0.4) is 0 Å². The maximum atomic E-state index is 12.7. The predicted octanol–water partition coefficient (Wildman–Crippen LogP) is -4.67. The quantitative estimate of drug-likeness (QED) is 0.429. The number of fused-ring (bicyclic) bond motifs is 1. The molecule has 0 fully saturated rings. The van der Waals surface area contributed by atoms with Gasteiger partial charge < -0.3 is 19.9 Å². The number of hydrogen-bond donors (Lipinski definition) is 2. The van der Waals surface area contributed by atoms with Crippen LogP contribution in [0, 0.1) is 0 Å². The Morgan fingerprint density at radius 3 is 2.38 bits per heavy atom. The van der Waals surface area contributed by atoms with Gasteiger partial charge >= 0.3 is 5.87 Å². The van der Waals surface area contributed by atoms with E-state index in [4.69, 9.17) is 9.47 Å². The van der Waals surface area contributed by atoms with Gasteiger partial charge in [-0.05, 0) is 25.1 Å². The van der Waals surface area contributed by atoms with E-state index in [1.54, 1.807) is 18.2 Å². The summed E-state index contributed by atoms with van der Waals surface area (Å²) in [5.41, 5.74) is -0.203. The topological polar surface area (TPSA) is 67.8 Å². The van der Waals surface area contributed by atoms with Crippen LogP contribution in [0.2, 0.25) is 0 Å². The Bertz CT molecular complexity index is 584. The molecule has 0 saturated heterocycles. The van der Waals surface area contributed by atoms with Gasteiger partial charge in [0.05, 0.1) is 0 Å². The Labute approximate surface area is 129 Å². The minimum absolute atomic E-state index is 0.0460. The molecule has 2 rings (SSSR count). The summed E-state index contributed by atoms with van der Waals surface area (Å²) >= 11 is 0. The van der Waals surface area contributed by atoms with Crippen LogP contribution in [0.1, 0.15) is 17.3 Å². The van der Waals surface area contributed by atoms with Gasteiger partial charge in [-0.2, -0.15) is 0 Å². The molecule has 1 unspecified atom stereocenters. The van der Waals surface area contributed by atoms with Crippen LogP contribution in [0.4, 0.5) is 0 Å². The van der Waals surface area contributed by atoms with Crippen molar-refractivity contribution in [3.8, 4) is 11.5 Å². The maximum absolute atomic E-state index is 12.7. The monoisotopic (exact) mass is 283 g/mol. The van der Waals surface area contributed by atoms with Crippen molar-refractivity contribution in [2.24, 2.45) is 0 Å². The van der Waals surface area contributed by atoms with E-state index in [0.717, 1.165) is 0 Å². The smallest absolute Gasteiger partial charge is 0.310 e. The molecule has 1 aliphatic heterocycles. The summed E-state index contributed by atoms with van der Waals surface area (Å²) in [7, 11) is 9.29. The number of aliphatic hydroxyl groups is 1. The summed E-state index contributed by atoms with van der Waals surface area (Å²) in [5, 5.41) is 12.8. The summed E-state index contributed by atoms with van der Waals surface area (Å²) < 4.78 is 10.5. The van der Waals surface area contributed by atoms with Crippen LogP contribution in [0.5, 0.6) is 11.5 Å². The molecule has 0 spiro atoms. The summed E-state index contributed by atoms with van der Waals surface area (Å²) in [6, 6.07) is 4.92. The van der Waals surface area contributed by atoms with Gasteiger partial charge in [0.25, 0.3) is 7.85 Å². The van der Waals surface area contributed by atoms with Gasteiger partial charge in [-0.1, -0.05) is 5.24 Å². The van der Waals surface area contributed by atoms with E-state index >= 15 is 0 Å². The Morgan fingerprint density at radius 2 is 1.81 bits per heavy atom. The first kappa shape index (κ1) is 16.1. The number of Topliss-reactive ketones (excluding diaryl/α,β-unsaturated/α-hetero) is 1. The fourth-order valence-corrected chi connectivity index (χ4v) is 2.60. The van der Waals surface area contributed by atoms with E-state index in [0.29, 0.717) is 17.1 Å². The fraction of sp³-hybridized carbons (Fsp3) is 0.364. The number of nitrogens with one attached hydrogen (secondary N) is 1. The fourth-order valence-electron chi connectivity index (χ4n) is 2.60. The molecule has 2 atom stereocenters. The molecule has 0 radical (unpaired) electrons. The minimum Gasteiger partial charge on any atom is -0.435 e. The largest absolute Gasteiger partial charge is 0.435 e. The van der Waals surface area contributed by atoms with Crippen molar-refractivity contribution in [2.45, 2.75) is 23.5 Å². The van der Waals surface area contributed by atoms with Gasteiger partial charge in [0.2, 0.25) is 0 Å². The average molecular weight is 282 g/mol. The Balaban J connectivity index is 2.26. The number of benzene rings is 1. The van der Waals surface area contributed by atoms with Crippen molar-refractivity contribution in [2.75, 3.05) is 0 Å². The lowest BCUT2D eigenvalue weighted by Gasteiger charge is -2.34. The molecule has 0 bridgehead atoms. The zero-order valence-corrected chi connectivity index (χ0v) is 13.4. The van der Waals surface area contributed by atoms with E-state index in [1.807, 2.05) is 38.3 Å². The van der Waals surface area contributed by atoms with E-state index < -0.39 is 11.3 Å². The van der Waals surface area contributed by atoms with Gasteiger partial charge in [-0.25, -0.2) is 0 Å². The lowest BCUT2D eigenvalue weighted by molar-refractivity contribution is -0.178. The van der Waals surface area contributed by atoms with Crippen molar-refractivity contribution >= 4 is 45.0 Å². The number of ether oxygens (including phenoxy) is 2. The number of carbonyl (C=O) groups is 1. The molecule has 21 heavy (non-hydrogen) atoms. The number of hydrogen-bond acceptors (Lipinski definition) is 5. The maximum Gasteiger partial charge on any atom is 0.310 e. The Hall–Kier alpha value is -1.27. The van der Waals surface area contributed by atoms with Crippen LogP contribution in [0.25, 0.3) is 0 Å². The lowest BCUT2D eigenvalue weighted by atomic mass is 9.48. The van der Waals surface area contributed by atoms with Gasteiger partial charge in [0, 0.05) is 11.0 Å². The molecule has 10 heteroatoms. The third-order valence-electron chi connectivity index (χ3n) is 3.06. The highest BCUT2D eigenvalue weighted by Gasteiger charge is 2.36. The molecule has 0 aliphatic carbocycles. The standard InChI is InChI=1S/C11H18B5NO4/c1-9(12,17-10(13,14)15)8(18)5-2-3-6-7(4-5)21-11(16,19)20-6/h2-4,17,19H,12-16H2,1H3/t9-,11?/m0/s1. The van der Waals surface area contributed by atoms with Crippen LogP contribution in [0.15, 0.2) is 18.2 Å². The van der Waals surface area contributed by atoms with Crippen LogP contribution < -0.4 is 14.8 Å². The Kier molecular flexibility index (Phi) is 3.75. The van der Waals surface area contributed by atoms with Gasteiger partial charge in [-0.3, -0.25) is 4.79 Å². The first-order valence-electron chi connectivity index (χ1n) is 6.98. The molecule has 1 aromatic rings. The number of rotatable bonds is 4. The van der Waals surface area contributed by atoms with Gasteiger partial charge in [0.1, 0.15) is 31.4 Å². The molecule has 0 amide bonds. The SMILES string of the molecule is BC(B)(B)N[C@@](B)(C)C(=O)c1ccc2c(c1)OC(B)(O)O2. The number of carbonyl (C=O) groups excluding carboxylic acids is 1. The number of ketones is 1. The van der Waals surface area contributed by atoms with E-state index in [2.05, 4.69) is 5.32 Å². The molecule has 0 aromatic heterocycles. The average Bonchev–Trinajstić information content (AvgIpc) is 2.57. The summed E-state index contributed by atoms with van der Waals surface area (Å²) in [6.07, 6.45) is 0. The third kappa shape index (κ3) is 3.68. The normalized spacial score (nSPS) is 23.5. The highest BCUT2D eigenvalue weighted by molar-refractivity contribution is 6.59. The van der Waals surface area contributed by atoms with Crippen LogP contribution in [-0.4, -0.2) is 66.7 Å². The van der Waals surface area contributed by atoms with Crippen molar-refractivity contribution in [3.05, 3.63) is 23.8 Å². The molecule has 1 heterocycles. The van der Waals surface area contributed by atoms with Gasteiger partial charge in [0.15, 0.2) is 17.3 Å². The molecule has 5 nitrogen and oxygen atoms in total. The van der Waals surface area contributed by atoms with Crippen LogP contribution >= 0.6 is 0 Å². The summed E-state index contributed by atoms with van der Waals surface area (Å²) in [4.78, 5) is 12.7. The zero-order valence-electron chi connectivity index (χ0n) is 13.4. The predicted molar refractivity (Wildman–Crippen MR) is 94.0 cm³/mol. The second kappa shape index (κ2) is 4.88. The summed E-state index contributed by atoms with van der Waals surface area (Å²) in [6.45, 7) is 1.85. The second-order valence-electron chi connectivity index (χ2n) is 7.09.